The fraction of sp³-hybridized carbons (Fsp3) is 0.400. The second-order valence-corrected chi connectivity index (χ2v) is 2.74. The van der Waals surface area contributed by atoms with Crippen molar-refractivity contribution in [1.29, 1.82) is 0 Å². The summed E-state index contributed by atoms with van der Waals surface area (Å²) in [7, 11) is 1.59. The Labute approximate surface area is 82.9 Å². The molecule has 4 heteroatoms. The van der Waals surface area contributed by atoms with E-state index < -0.39 is 0 Å². The first kappa shape index (κ1) is 10.7. The molecule has 1 aromatic rings. The molecule has 0 aliphatic carbocycles. The predicted octanol–water partition coefficient (Wildman–Crippen LogP) is 1.40. The van der Waals surface area contributed by atoms with Crippen molar-refractivity contribution >= 4 is 5.97 Å². The fourth-order valence-corrected chi connectivity index (χ4v) is 1.06. The Hall–Kier alpha value is -1.42. The van der Waals surface area contributed by atoms with Crippen LogP contribution in [0.1, 0.15) is 22.8 Å². The van der Waals surface area contributed by atoms with Crippen molar-refractivity contribution in [2.45, 2.75) is 13.5 Å². The summed E-state index contributed by atoms with van der Waals surface area (Å²) in [5.74, 6) is -0.349. The van der Waals surface area contributed by atoms with Gasteiger partial charge in [-0.25, -0.2) is 4.79 Å². The predicted molar refractivity (Wildman–Crippen MR) is 50.9 cm³/mol. The molecule has 0 aliphatic rings. The van der Waals surface area contributed by atoms with Crippen LogP contribution in [0, 0.1) is 0 Å². The van der Waals surface area contributed by atoms with Gasteiger partial charge in [-0.3, -0.25) is 4.98 Å². The monoisotopic (exact) mass is 195 g/mol. The van der Waals surface area contributed by atoms with Crippen LogP contribution in [0.3, 0.4) is 0 Å². The van der Waals surface area contributed by atoms with E-state index in [1.54, 1.807) is 26.3 Å². The lowest BCUT2D eigenvalue weighted by Gasteiger charge is -2.03. The Balaban J connectivity index is 2.77. The molecule has 0 fully saturated rings. The molecule has 0 amide bonds. The molecule has 0 saturated heterocycles. The molecule has 0 atom stereocenters. The maximum Gasteiger partial charge on any atom is 0.339 e. The number of aromatic nitrogens is 1. The number of rotatable bonds is 4. The van der Waals surface area contributed by atoms with Crippen molar-refractivity contribution in [1.82, 2.24) is 4.98 Å². The average Bonchev–Trinajstić information content (AvgIpc) is 2.19. The number of nitrogens with zero attached hydrogens (tertiary/aromatic N) is 1. The van der Waals surface area contributed by atoms with Crippen molar-refractivity contribution in [3.63, 3.8) is 0 Å². The number of hydrogen-bond donors (Lipinski definition) is 0. The lowest BCUT2D eigenvalue weighted by atomic mass is 10.2. The maximum absolute atomic E-state index is 11.3. The highest BCUT2D eigenvalue weighted by Crippen LogP contribution is 2.05. The van der Waals surface area contributed by atoms with Gasteiger partial charge in [0.15, 0.2) is 0 Å². The van der Waals surface area contributed by atoms with Crippen molar-refractivity contribution in [3.05, 3.63) is 29.6 Å². The number of ether oxygens (including phenoxy) is 2. The van der Waals surface area contributed by atoms with Gasteiger partial charge in [-0.15, -0.1) is 0 Å². The Morgan fingerprint density at radius 1 is 1.50 bits per heavy atom. The van der Waals surface area contributed by atoms with Crippen LogP contribution >= 0.6 is 0 Å². The zero-order valence-electron chi connectivity index (χ0n) is 8.32. The number of esters is 1. The Morgan fingerprint density at radius 3 is 2.93 bits per heavy atom. The van der Waals surface area contributed by atoms with E-state index in [0.717, 1.165) is 5.56 Å². The molecule has 0 spiro atoms. The number of hydrogen-bond acceptors (Lipinski definition) is 4. The summed E-state index contributed by atoms with van der Waals surface area (Å²) < 4.78 is 9.77. The average molecular weight is 195 g/mol. The Kier molecular flexibility index (Phi) is 4.07. The maximum atomic E-state index is 11.3. The van der Waals surface area contributed by atoms with Crippen LogP contribution < -0.4 is 0 Å². The summed E-state index contributed by atoms with van der Waals surface area (Å²) in [5, 5.41) is 0. The summed E-state index contributed by atoms with van der Waals surface area (Å²) in [6.45, 7) is 2.58. The highest BCUT2D eigenvalue weighted by molar-refractivity contribution is 5.89. The van der Waals surface area contributed by atoms with Crippen LogP contribution in [0.5, 0.6) is 0 Å². The summed E-state index contributed by atoms with van der Waals surface area (Å²) >= 11 is 0. The van der Waals surface area contributed by atoms with E-state index in [9.17, 15) is 4.79 Å². The molecule has 4 nitrogen and oxygen atoms in total. The smallest absolute Gasteiger partial charge is 0.339 e. The summed E-state index contributed by atoms with van der Waals surface area (Å²) in [6.07, 6.45) is 3.14. The molecule has 0 unspecified atom stereocenters. The third kappa shape index (κ3) is 2.81. The first-order valence-corrected chi connectivity index (χ1v) is 4.38. The summed E-state index contributed by atoms with van der Waals surface area (Å²) in [5.41, 5.74) is 1.32. The zero-order chi connectivity index (χ0) is 10.4. The topological polar surface area (TPSA) is 48.4 Å². The van der Waals surface area contributed by atoms with Gasteiger partial charge in [0.1, 0.15) is 0 Å². The highest BCUT2D eigenvalue weighted by Gasteiger charge is 2.06. The molecule has 1 rings (SSSR count). The lowest BCUT2D eigenvalue weighted by Crippen LogP contribution is -2.05. The van der Waals surface area contributed by atoms with Crippen LogP contribution in [0.2, 0.25) is 0 Å². The van der Waals surface area contributed by atoms with Crippen molar-refractivity contribution in [2.24, 2.45) is 0 Å². The molecule has 0 N–H and O–H groups in total. The lowest BCUT2D eigenvalue weighted by molar-refractivity contribution is 0.0525. The van der Waals surface area contributed by atoms with Crippen LogP contribution in [-0.4, -0.2) is 24.7 Å². The molecule has 0 saturated carbocycles. The number of carbonyl (C=O) groups is 1. The van der Waals surface area contributed by atoms with E-state index in [1.807, 2.05) is 0 Å². The molecule has 0 aromatic carbocycles. The molecule has 14 heavy (non-hydrogen) atoms. The fourth-order valence-electron chi connectivity index (χ4n) is 1.06. The number of pyridine rings is 1. The van der Waals surface area contributed by atoms with Crippen LogP contribution in [0.15, 0.2) is 18.5 Å². The highest BCUT2D eigenvalue weighted by atomic mass is 16.5. The van der Waals surface area contributed by atoms with Crippen LogP contribution in [-0.2, 0) is 16.1 Å². The van der Waals surface area contributed by atoms with E-state index in [4.69, 9.17) is 9.47 Å². The van der Waals surface area contributed by atoms with E-state index in [-0.39, 0.29) is 5.97 Å². The molecule has 0 radical (unpaired) electrons. The van der Waals surface area contributed by atoms with E-state index in [0.29, 0.717) is 18.8 Å². The van der Waals surface area contributed by atoms with Gasteiger partial charge in [0.2, 0.25) is 0 Å². The SMILES string of the molecule is CCOC(=O)c1cncc(COC)c1. The minimum Gasteiger partial charge on any atom is -0.462 e. The molecule has 0 aliphatic heterocycles. The van der Waals surface area contributed by atoms with Crippen LogP contribution in [0.25, 0.3) is 0 Å². The molecular weight excluding hydrogens is 182 g/mol. The molecule has 76 valence electrons. The summed E-state index contributed by atoms with van der Waals surface area (Å²) in [6, 6.07) is 1.72. The van der Waals surface area contributed by atoms with Gasteiger partial charge >= 0.3 is 5.97 Å². The van der Waals surface area contributed by atoms with Crippen molar-refractivity contribution < 1.29 is 14.3 Å². The van der Waals surface area contributed by atoms with Gasteiger partial charge in [-0.2, -0.15) is 0 Å². The zero-order valence-corrected chi connectivity index (χ0v) is 8.32. The minimum atomic E-state index is -0.349. The van der Waals surface area contributed by atoms with Gasteiger partial charge in [0.05, 0.1) is 18.8 Å². The first-order chi connectivity index (χ1) is 6.77. The standard InChI is InChI=1S/C10H13NO3/c1-3-14-10(12)9-4-8(7-13-2)5-11-6-9/h4-6H,3,7H2,1-2H3. The number of methoxy groups -OCH3 is 1. The van der Waals surface area contributed by atoms with Gasteiger partial charge < -0.3 is 9.47 Å². The molecule has 0 bridgehead atoms. The van der Waals surface area contributed by atoms with Gasteiger partial charge in [-0.05, 0) is 18.6 Å². The Morgan fingerprint density at radius 2 is 2.29 bits per heavy atom. The quantitative estimate of drug-likeness (QED) is 0.681. The normalized spacial score (nSPS) is 9.86. The van der Waals surface area contributed by atoms with Gasteiger partial charge in [-0.1, -0.05) is 0 Å². The molecule has 1 aromatic heterocycles. The van der Waals surface area contributed by atoms with E-state index in [2.05, 4.69) is 4.98 Å². The number of carbonyl (C=O) groups excluding carboxylic acids is 1. The third-order valence-corrected chi connectivity index (χ3v) is 1.62. The largest absolute Gasteiger partial charge is 0.462 e. The third-order valence-electron chi connectivity index (χ3n) is 1.62. The van der Waals surface area contributed by atoms with E-state index in [1.165, 1.54) is 6.20 Å². The summed E-state index contributed by atoms with van der Waals surface area (Å²) in [4.78, 5) is 15.2. The molecular formula is C10H13NO3. The van der Waals surface area contributed by atoms with E-state index >= 15 is 0 Å². The van der Waals surface area contributed by atoms with Crippen molar-refractivity contribution in [2.75, 3.05) is 13.7 Å². The molecule has 1 heterocycles. The second kappa shape index (κ2) is 5.34. The van der Waals surface area contributed by atoms with Crippen molar-refractivity contribution in [3.8, 4) is 0 Å². The second-order valence-electron chi connectivity index (χ2n) is 2.74. The Bertz CT molecular complexity index is 312. The van der Waals surface area contributed by atoms with Gasteiger partial charge in [0.25, 0.3) is 0 Å². The minimum absolute atomic E-state index is 0.349. The first-order valence-electron chi connectivity index (χ1n) is 4.38. The van der Waals surface area contributed by atoms with Crippen LogP contribution in [0.4, 0.5) is 0 Å². The van der Waals surface area contributed by atoms with Gasteiger partial charge in [0, 0.05) is 19.5 Å².